The van der Waals surface area contributed by atoms with Crippen molar-refractivity contribution >= 4 is 17.3 Å². The van der Waals surface area contributed by atoms with E-state index in [0.717, 1.165) is 23.5 Å². The first-order valence-electron chi connectivity index (χ1n) is 14.4. The van der Waals surface area contributed by atoms with Crippen molar-refractivity contribution in [1.82, 2.24) is 4.90 Å². The van der Waals surface area contributed by atoms with Gasteiger partial charge in [-0.15, -0.1) is 0 Å². The van der Waals surface area contributed by atoms with Gasteiger partial charge < -0.3 is 14.4 Å². The number of carbonyl (C=O) groups is 2. The summed E-state index contributed by atoms with van der Waals surface area (Å²) in [6.07, 6.45) is -2.92. The molecule has 2 aromatic carbocycles. The molecule has 1 aliphatic heterocycles. The van der Waals surface area contributed by atoms with E-state index in [4.69, 9.17) is 9.47 Å². The van der Waals surface area contributed by atoms with E-state index in [-0.39, 0.29) is 33.9 Å². The fourth-order valence-electron chi connectivity index (χ4n) is 6.64. The van der Waals surface area contributed by atoms with Gasteiger partial charge in [0.2, 0.25) is 5.75 Å². The Kier molecular flexibility index (Phi) is 7.99. The zero-order chi connectivity index (χ0) is 32.2. The number of carbonyl (C=O) groups excluding carboxylic acids is 2. The first kappa shape index (κ1) is 31.4. The Hall–Kier alpha value is -3.99. The van der Waals surface area contributed by atoms with E-state index in [1.807, 2.05) is 27.7 Å². The topological polar surface area (TPSA) is 99.0 Å². The summed E-state index contributed by atoms with van der Waals surface area (Å²) >= 11 is 0. The van der Waals surface area contributed by atoms with Gasteiger partial charge in [-0.1, -0.05) is 39.8 Å². The predicted molar refractivity (Wildman–Crippen MR) is 156 cm³/mol. The van der Waals surface area contributed by atoms with Crippen molar-refractivity contribution in [2.24, 2.45) is 10.8 Å². The van der Waals surface area contributed by atoms with Crippen LogP contribution in [0.4, 0.5) is 18.9 Å². The van der Waals surface area contributed by atoms with E-state index in [2.05, 4.69) is 4.90 Å². The SMILES string of the molecule is COCCN1C2=C(C(=O)CC(C)(C)C2)C(c2cccc(Oc3ccc(C(F)(F)F)cc3[N+](=O)[O-])c2)C2=C1CC(C)(C)CC2=O. The highest BCUT2D eigenvalue weighted by Gasteiger charge is 2.49. The molecule has 8 nitrogen and oxygen atoms in total. The maximum absolute atomic E-state index is 13.9. The van der Waals surface area contributed by atoms with E-state index in [9.17, 15) is 32.9 Å². The zero-order valence-electron chi connectivity index (χ0n) is 25.3. The van der Waals surface area contributed by atoms with E-state index < -0.39 is 28.3 Å². The van der Waals surface area contributed by atoms with Gasteiger partial charge in [-0.05, 0) is 53.5 Å². The lowest BCUT2D eigenvalue weighted by atomic mass is 9.63. The van der Waals surface area contributed by atoms with Crippen LogP contribution in [-0.4, -0.2) is 41.7 Å². The van der Waals surface area contributed by atoms with Crippen LogP contribution in [0.5, 0.6) is 11.5 Å². The zero-order valence-corrected chi connectivity index (χ0v) is 25.3. The third kappa shape index (κ3) is 6.02. The maximum atomic E-state index is 13.9. The average Bonchev–Trinajstić information content (AvgIpc) is 2.90. The normalized spacial score (nSPS) is 20.0. The number of halogens is 3. The molecule has 44 heavy (non-hydrogen) atoms. The minimum absolute atomic E-state index is 0.0578. The Morgan fingerprint density at radius 1 is 0.932 bits per heavy atom. The van der Waals surface area contributed by atoms with E-state index in [1.54, 1.807) is 25.3 Å². The highest BCUT2D eigenvalue weighted by molar-refractivity contribution is 6.06. The molecule has 11 heteroatoms. The Labute approximate surface area is 253 Å². The van der Waals surface area contributed by atoms with Crippen LogP contribution in [0.15, 0.2) is 65.0 Å². The Morgan fingerprint density at radius 2 is 1.52 bits per heavy atom. The molecule has 0 fully saturated rings. The number of hydrogen-bond acceptors (Lipinski definition) is 7. The van der Waals surface area contributed by atoms with Crippen molar-refractivity contribution in [2.45, 2.75) is 65.5 Å². The number of nitro benzene ring substituents is 1. The second kappa shape index (κ2) is 11.2. The summed E-state index contributed by atoms with van der Waals surface area (Å²) < 4.78 is 50.9. The second-order valence-corrected chi connectivity index (χ2v) is 13.3. The minimum Gasteiger partial charge on any atom is -0.450 e. The third-order valence-electron chi connectivity index (χ3n) is 8.44. The summed E-state index contributed by atoms with van der Waals surface area (Å²) in [6.45, 7) is 9.06. The fraction of sp³-hybridized carbons (Fsp3) is 0.455. The molecule has 0 amide bonds. The summed E-state index contributed by atoms with van der Waals surface area (Å²) in [7, 11) is 1.61. The Morgan fingerprint density at radius 3 is 2.05 bits per heavy atom. The molecule has 1 heterocycles. The number of nitrogens with zero attached hydrogens (tertiary/aromatic N) is 2. The van der Waals surface area contributed by atoms with Gasteiger partial charge in [-0.2, -0.15) is 13.2 Å². The van der Waals surface area contributed by atoms with Gasteiger partial charge in [-0.25, -0.2) is 0 Å². The van der Waals surface area contributed by atoms with Gasteiger partial charge in [0, 0.05) is 61.0 Å². The number of ketones is 2. The number of Topliss-reactive ketones (excluding diaryl/α,β-unsaturated/α-hetero) is 2. The number of nitro groups is 1. The van der Waals surface area contributed by atoms with Crippen molar-refractivity contribution in [3.8, 4) is 11.5 Å². The van der Waals surface area contributed by atoms with Crippen LogP contribution in [0.3, 0.4) is 0 Å². The van der Waals surface area contributed by atoms with Gasteiger partial charge in [-0.3, -0.25) is 19.7 Å². The standard InChI is InChI=1S/C33H35F3N2O6/c1-31(2)15-23-29(25(39)17-31)28(30-24(37(23)11-12-43-5)16-32(3,4)18-26(30)40)19-7-6-8-21(13-19)44-27-10-9-20(33(34,35)36)14-22(27)38(41)42/h6-10,13-14,28H,11-12,15-18H2,1-5H3. The van der Waals surface area contributed by atoms with Crippen molar-refractivity contribution in [3.63, 3.8) is 0 Å². The van der Waals surface area contributed by atoms with Crippen LogP contribution in [0.1, 0.15) is 70.4 Å². The first-order valence-corrected chi connectivity index (χ1v) is 14.4. The van der Waals surface area contributed by atoms with Gasteiger partial charge in [0.05, 0.1) is 17.1 Å². The molecule has 2 aromatic rings. The van der Waals surface area contributed by atoms with Gasteiger partial charge in [0.1, 0.15) is 5.75 Å². The Balaban J connectivity index is 1.65. The number of hydrogen-bond donors (Lipinski definition) is 0. The van der Waals surface area contributed by atoms with Crippen molar-refractivity contribution in [1.29, 1.82) is 0 Å². The smallest absolute Gasteiger partial charge is 0.416 e. The van der Waals surface area contributed by atoms with E-state index in [0.29, 0.717) is 61.6 Å². The molecule has 0 saturated heterocycles. The molecule has 0 N–H and O–H groups in total. The average molecular weight is 613 g/mol. The molecule has 0 unspecified atom stereocenters. The largest absolute Gasteiger partial charge is 0.450 e. The monoisotopic (exact) mass is 612 g/mol. The summed E-state index contributed by atoms with van der Waals surface area (Å²) in [4.78, 5) is 40.7. The van der Waals surface area contributed by atoms with Crippen molar-refractivity contribution in [2.75, 3.05) is 20.3 Å². The summed E-state index contributed by atoms with van der Waals surface area (Å²) in [5, 5.41) is 11.7. The van der Waals surface area contributed by atoms with Crippen LogP contribution in [0, 0.1) is 20.9 Å². The molecular formula is C33H35F3N2O6. The number of ether oxygens (including phenoxy) is 2. The molecule has 0 radical (unpaired) electrons. The van der Waals surface area contributed by atoms with Gasteiger partial charge in [0.15, 0.2) is 11.6 Å². The van der Waals surface area contributed by atoms with Crippen LogP contribution in [0.2, 0.25) is 0 Å². The molecular weight excluding hydrogens is 577 g/mol. The molecule has 3 aliphatic rings. The molecule has 0 spiro atoms. The molecule has 2 aliphatic carbocycles. The number of rotatable bonds is 7. The Bertz CT molecular complexity index is 1550. The van der Waals surface area contributed by atoms with Crippen LogP contribution >= 0.6 is 0 Å². The third-order valence-corrected chi connectivity index (χ3v) is 8.44. The highest BCUT2D eigenvalue weighted by Crippen LogP contribution is 2.54. The number of benzene rings is 2. The number of alkyl halides is 3. The molecule has 0 bridgehead atoms. The second-order valence-electron chi connectivity index (χ2n) is 13.3. The maximum Gasteiger partial charge on any atom is 0.416 e. The number of allylic oxidation sites excluding steroid dienone is 4. The van der Waals surface area contributed by atoms with E-state index in [1.165, 1.54) is 6.07 Å². The minimum atomic E-state index is -4.76. The lowest BCUT2D eigenvalue weighted by molar-refractivity contribution is -0.385. The summed E-state index contributed by atoms with van der Waals surface area (Å²) in [6, 6.07) is 8.64. The molecule has 0 atom stereocenters. The predicted octanol–water partition coefficient (Wildman–Crippen LogP) is 7.74. The van der Waals surface area contributed by atoms with Crippen molar-refractivity contribution in [3.05, 3.63) is 86.2 Å². The molecule has 5 rings (SSSR count). The summed E-state index contributed by atoms with van der Waals surface area (Å²) in [5.41, 5.74) is 0.807. The van der Waals surface area contributed by atoms with Crippen LogP contribution in [0.25, 0.3) is 0 Å². The van der Waals surface area contributed by atoms with Crippen molar-refractivity contribution < 1.29 is 37.2 Å². The van der Waals surface area contributed by atoms with Gasteiger partial charge in [0.25, 0.3) is 0 Å². The quantitative estimate of drug-likeness (QED) is 0.233. The molecule has 0 aromatic heterocycles. The number of methoxy groups -OCH3 is 1. The van der Waals surface area contributed by atoms with E-state index >= 15 is 0 Å². The lowest BCUT2D eigenvalue weighted by Crippen LogP contribution is -2.45. The fourth-order valence-corrected chi connectivity index (χ4v) is 6.64. The highest BCUT2D eigenvalue weighted by atomic mass is 19.4. The first-order chi connectivity index (χ1) is 20.5. The molecule has 0 saturated carbocycles. The molecule has 234 valence electrons. The van der Waals surface area contributed by atoms with Gasteiger partial charge >= 0.3 is 11.9 Å². The lowest BCUT2D eigenvalue weighted by Gasteiger charge is -2.49. The van der Waals surface area contributed by atoms with Crippen LogP contribution in [-0.2, 0) is 20.5 Å². The van der Waals surface area contributed by atoms with Crippen LogP contribution < -0.4 is 4.74 Å². The summed E-state index contributed by atoms with van der Waals surface area (Å²) in [5.74, 6) is -1.03.